The Balaban J connectivity index is 3.02. The molecule has 0 amide bonds. The van der Waals surface area contributed by atoms with Crippen LogP contribution in [-0.2, 0) is 10.8 Å². The molecule has 0 spiro atoms. The van der Waals surface area contributed by atoms with Crippen molar-refractivity contribution in [2.45, 2.75) is 38.7 Å². The van der Waals surface area contributed by atoms with Crippen LogP contribution in [0.15, 0.2) is 12.1 Å². The first-order valence-electron chi connectivity index (χ1n) is 5.66. The van der Waals surface area contributed by atoms with Crippen molar-refractivity contribution < 1.29 is 17.6 Å². The second-order valence-electron chi connectivity index (χ2n) is 4.14. The van der Waals surface area contributed by atoms with Crippen LogP contribution in [0.1, 0.15) is 32.3 Å². The van der Waals surface area contributed by atoms with Crippen LogP contribution in [0.4, 0.5) is 13.2 Å². The third-order valence-corrected chi connectivity index (χ3v) is 4.16. The molecule has 1 rings (SSSR count). The van der Waals surface area contributed by atoms with Gasteiger partial charge in [-0.05, 0) is 30.5 Å². The molecule has 0 radical (unpaired) electrons. The maximum absolute atomic E-state index is 13.1. The summed E-state index contributed by atoms with van der Waals surface area (Å²) in [4.78, 5) is 0. The van der Waals surface area contributed by atoms with Gasteiger partial charge >= 0.3 is 0 Å². The van der Waals surface area contributed by atoms with E-state index in [-0.39, 0.29) is 5.60 Å². The molecular weight excluding hydrogens is 245 g/mol. The fraction of sp³-hybridized carbons (Fsp3) is 0.500. The largest absolute Gasteiger partial charge is 0.422 e. The van der Waals surface area contributed by atoms with E-state index >= 15 is 0 Å². The van der Waals surface area contributed by atoms with Crippen LogP contribution in [0.3, 0.4) is 0 Å². The predicted molar refractivity (Wildman–Crippen MR) is 64.4 cm³/mol. The molecule has 0 saturated heterocycles. The minimum Gasteiger partial charge on any atom is -0.422 e. The lowest BCUT2D eigenvalue weighted by atomic mass is 9.89. The minimum atomic E-state index is -1.42. The highest BCUT2D eigenvalue weighted by atomic mass is 28.2. The average molecular weight is 262 g/mol. The van der Waals surface area contributed by atoms with E-state index in [1.807, 2.05) is 13.8 Å². The number of rotatable bonds is 5. The number of halogens is 3. The van der Waals surface area contributed by atoms with Gasteiger partial charge in [0.05, 0.1) is 5.60 Å². The van der Waals surface area contributed by atoms with Crippen molar-refractivity contribution >= 4 is 10.5 Å². The highest BCUT2D eigenvalue weighted by Crippen LogP contribution is 2.26. The van der Waals surface area contributed by atoms with Crippen molar-refractivity contribution in [3.8, 4) is 0 Å². The van der Waals surface area contributed by atoms with E-state index in [0.29, 0.717) is 22.5 Å². The Hall–Kier alpha value is -0.813. The quantitative estimate of drug-likeness (QED) is 0.585. The molecule has 0 saturated carbocycles. The fourth-order valence-corrected chi connectivity index (χ4v) is 2.66. The van der Waals surface area contributed by atoms with E-state index in [4.69, 9.17) is 4.43 Å². The summed E-state index contributed by atoms with van der Waals surface area (Å²) in [5, 5.41) is 0. The van der Waals surface area contributed by atoms with Gasteiger partial charge in [-0.25, -0.2) is 13.2 Å². The van der Waals surface area contributed by atoms with Gasteiger partial charge in [0.15, 0.2) is 17.5 Å². The Kier molecular flexibility index (Phi) is 4.77. The Morgan fingerprint density at radius 2 is 1.59 bits per heavy atom. The minimum absolute atomic E-state index is 0.386. The van der Waals surface area contributed by atoms with Gasteiger partial charge in [0.1, 0.15) is 10.5 Å². The normalized spacial score (nSPS) is 12.1. The topological polar surface area (TPSA) is 9.23 Å². The third kappa shape index (κ3) is 3.10. The van der Waals surface area contributed by atoms with E-state index in [2.05, 4.69) is 0 Å². The molecule has 0 aliphatic rings. The molecule has 0 atom stereocenters. The third-order valence-electron chi connectivity index (χ3n) is 3.29. The van der Waals surface area contributed by atoms with E-state index < -0.39 is 17.5 Å². The zero-order valence-corrected chi connectivity index (χ0v) is 12.3. The summed E-state index contributed by atoms with van der Waals surface area (Å²) >= 11 is 0. The Bertz CT molecular complexity index is 360. The molecule has 96 valence electrons. The highest BCUT2D eigenvalue weighted by molar-refractivity contribution is 5.98. The molecule has 1 aromatic carbocycles. The van der Waals surface area contributed by atoms with Gasteiger partial charge in [0, 0.05) is 6.42 Å². The number of hydrogen-bond donors (Lipinski definition) is 0. The van der Waals surface area contributed by atoms with Gasteiger partial charge in [0.25, 0.3) is 0 Å². The summed E-state index contributed by atoms with van der Waals surface area (Å²) in [6.45, 7) is 3.94. The second-order valence-corrected chi connectivity index (χ2v) is 4.55. The first-order chi connectivity index (χ1) is 7.98. The first kappa shape index (κ1) is 14.2. The smallest absolute Gasteiger partial charge is 0.194 e. The van der Waals surface area contributed by atoms with Crippen LogP contribution in [0, 0.1) is 17.5 Å². The molecule has 0 bridgehead atoms. The first-order valence-corrected chi connectivity index (χ1v) is 6.48. The molecule has 0 unspecified atom stereocenters. The molecule has 5 heteroatoms. The molecule has 0 aliphatic heterocycles. The molecule has 0 heterocycles. The zero-order chi connectivity index (χ0) is 13.1. The molecule has 1 aromatic rings. The average Bonchev–Trinajstić information content (AvgIpc) is 2.33. The SMILES string of the molecule is CCC(CC)(Cc1cc(F)c(F)c(F)c1)O[SiH3]. The van der Waals surface area contributed by atoms with Gasteiger partial charge in [-0.15, -0.1) is 0 Å². The Labute approximate surface area is 103 Å². The second kappa shape index (κ2) is 5.69. The molecule has 0 aromatic heterocycles. The monoisotopic (exact) mass is 262 g/mol. The number of hydrogen-bond acceptors (Lipinski definition) is 1. The van der Waals surface area contributed by atoms with Crippen LogP contribution < -0.4 is 0 Å². The molecular formula is C12H17F3OSi. The van der Waals surface area contributed by atoms with Gasteiger partial charge in [-0.3, -0.25) is 0 Å². The zero-order valence-electron chi connectivity index (χ0n) is 10.3. The van der Waals surface area contributed by atoms with Crippen molar-refractivity contribution in [2.24, 2.45) is 0 Å². The van der Waals surface area contributed by atoms with E-state index in [1.54, 1.807) is 0 Å². The molecule has 0 N–H and O–H groups in total. The lowest BCUT2D eigenvalue weighted by Crippen LogP contribution is -2.33. The Morgan fingerprint density at radius 3 is 1.94 bits per heavy atom. The van der Waals surface area contributed by atoms with Crippen molar-refractivity contribution in [2.75, 3.05) is 0 Å². The number of benzene rings is 1. The van der Waals surface area contributed by atoms with E-state index in [1.165, 1.54) is 0 Å². The summed E-state index contributed by atoms with van der Waals surface area (Å²) < 4.78 is 44.5. The highest BCUT2D eigenvalue weighted by Gasteiger charge is 2.26. The summed E-state index contributed by atoms with van der Waals surface area (Å²) in [6, 6.07) is 2.08. The van der Waals surface area contributed by atoms with Crippen molar-refractivity contribution in [3.63, 3.8) is 0 Å². The van der Waals surface area contributed by atoms with Crippen LogP contribution in [0.5, 0.6) is 0 Å². The summed E-state index contributed by atoms with van der Waals surface area (Å²) in [6.07, 6.45) is 1.92. The predicted octanol–water partition coefficient (Wildman–Crippen LogP) is 2.50. The van der Waals surface area contributed by atoms with Gasteiger partial charge < -0.3 is 4.43 Å². The van der Waals surface area contributed by atoms with Crippen LogP contribution >= 0.6 is 0 Å². The van der Waals surface area contributed by atoms with Crippen LogP contribution in [0.25, 0.3) is 0 Å². The molecule has 1 nitrogen and oxygen atoms in total. The van der Waals surface area contributed by atoms with Gasteiger partial charge in [-0.2, -0.15) is 0 Å². The lowest BCUT2D eigenvalue weighted by Gasteiger charge is -2.31. The molecule has 17 heavy (non-hydrogen) atoms. The van der Waals surface area contributed by atoms with Crippen LogP contribution in [0.2, 0.25) is 0 Å². The molecule has 0 fully saturated rings. The Morgan fingerprint density at radius 1 is 1.12 bits per heavy atom. The van der Waals surface area contributed by atoms with Gasteiger partial charge in [-0.1, -0.05) is 13.8 Å². The van der Waals surface area contributed by atoms with E-state index in [9.17, 15) is 13.2 Å². The summed E-state index contributed by atoms with van der Waals surface area (Å²) in [5.74, 6) is -3.71. The standard InChI is InChI=1S/C12H17F3OSi/c1-3-12(4-2,16-17)7-8-5-9(13)11(15)10(14)6-8/h5-6H,3-4,7H2,1-2,17H3. The molecule has 0 aliphatic carbocycles. The van der Waals surface area contributed by atoms with Gasteiger partial charge in [0.2, 0.25) is 0 Å². The lowest BCUT2D eigenvalue weighted by molar-refractivity contribution is 0.0711. The summed E-state index contributed by atoms with van der Waals surface area (Å²) in [7, 11) is 0.559. The van der Waals surface area contributed by atoms with Crippen molar-refractivity contribution in [1.29, 1.82) is 0 Å². The van der Waals surface area contributed by atoms with Crippen LogP contribution in [-0.4, -0.2) is 16.1 Å². The van der Waals surface area contributed by atoms with E-state index in [0.717, 1.165) is 25.0 Å². The van der Waals surface area contributed by atoms with Crippen molar-refractivity contribution in [3.05, 3.63) is 35.1 Å². The summed E-state index contributed by atoms with van der Waals surface area (Å²) in [5.41, 5.74) is 0.0455. The maximum Gasteiger partial charge on any atom is 0.194 e. The fourth-order valence-electron chi connectivity index (χ4n) is 1.94. The van der Waals surface area contributed by atoms with Crippen molar-refractivity contribution in [1.82, 2.24) is 0 Å². The maximum atomic E-state index is 13.1.